The third-order valence-corrected chi connectivity index (χ3v) is 17.6. The zero-order valence-electron chi connectivity index (χ0n) is 55.4. The SMILES string of the molecule is CCCCCCCCCCCCCC/C=C/CC/C=C/CC/C=C/C(O)C(COC1OC(CO)C(O)C(O)C1O)NC(=O)CCCCCCCCCCCCCCCCCCC/C=C\CCCCCCCCCCCCCCCCCCCC. The number of aliphatic hydroxyl groups is 5. The second kappa shape index (κ2) is 64.1. The Labute approximate surface area is 520 Å². The monoisotopic (exact) mass is 1180 g/mol. The first-order valence-corrected chi connectivity index (χ1v) is 36.9. The lowest BCUT2D eigenvalue weighted by Crippen LogP contribution is -2.60. The lowest BCUT2D eigenvalue weighted by molar-refractivity contribution is -0.302. The van der Waals surface area contributed by atoms with E-state index in [1.807, 2.05) is 6.08 Å². The van der Waals surface area contributed by atoms with Crippen LogP contribution in [0, 0.1) is 0 Å². The molecule has 6 N–H and O–H groups in total. The number of amides is 1. The summed E-state index contributed by atoms with van der Waals surface area (Å²) in [5.74, 6) is -0.185. The van der Waals surface area contributed by atoms with Crippen molar-refractivity contribution in [3.8, 4) is 0 Å². The molecular weight excluding hydrogens is 1040 g/mol. The van der Waals surface area contributed by atoms with Crippen molar-refractivity contribution >= 4 is 5.91 Å². The molecule has 0 bridgehead atoms. The Balaban J connectivity index is 2.08. The van der Waals surface area contributed by atoms with Crippen molar-refractivity contribution in [3.05, 3.63) is 48.6 Å². The van der Waals surface area contributed by atoms with Gasteiger partial charge in [-0.2, -0.15) is 0 Å². The molecule has 9 nitrogen and oxygen atoms in total. The summed E-state index contributed by atoms with van der Waals surface area (Å²) in [5.41, 5.74) is 0. The van der Waals surface area contributed by atoms with Gasteiger partial charge in [0.25, 0.3) is 0 Å². The van der Waals surface area contributed by atoms with Gasteiger partial charge in [-0.15, -0.1) is 0 Å². The van der Waals surface area contributed by atoms with Crippen molar-refractivity contribution in [2.75, 3.05) is 13.2 Å². The quantitative estimate of drug-likeness (QED) is 0.0261. The highest BCUT2D eigenvalue weighted by Crippen LogP contribution is 2.23. The van der Waals surface area contributed by atoms with E-state index in [2.05, 4.69) is 55.6 Å². The zero-order chi connectivity index (χ0) is 60.7. The molecule has 1 aliphatic heterocycles. The van der Waals surface area contributed by atoms with Crippen molar-refractivity contribution in [2.24, 2.45) is 0 Å². The maximum atomic E-state index is 13.1. The van der Waals surface area contributed by atoms with Gasteiger partial charge in [0.1, 0.15) is 24.4 Å². The number of carbonyl (C=O) groups excluding carboxylic acids is 1. The largest absolute Gasteiger partial charge is 0.394 e. The molecule has 1 aliphatic rings. The number of hydrogen-bond donors (Lipinski definition) is 6. The molecule has 1 amide bonds. The molecule has 1 heterocycles. The second-order valence-electron chi connectivity index (χ2n) is 25.7. The van der Waals surface area contributed by atoms with Crippen molar-refractivity contribution in [1.29, 1.82) is 0 Å². The average Bonchev–Trinajstić information content (AvgIpc) is 3.70. The highest BCUT2D eigenvalue weighted by atomic mass is 16.7. The number of allylic oxidation sites excluding steroid dienone is 7. The molecule has 0 aromatic rings. The predicted octanol–water partition coefficient (Wildman–Crippen LogP) is 20.4. The molecule has 494 valence electrons. The smallest absolute Gasteiger partial charge is 0.220 e. The van der Waals surface area contributed by atoms with Gasteiger partial charge in [-0.1, -0.05) is 339 Å². The Morgan fingerprint density at radius 1 is 0.393 bits per heavy atom. The second-order valence-corrected chi connectivity index (χ2v) is 25.7. The van der Waals surface area contributed by atoms with Gasteiger partial charge in [0.15, 0.2) is 6.29 Å². The first kappa shape index (κ1) is 80.2. The average molecular weight is 1180 g/mol. The van der Waals surface area contributed by atoms with E-state index >= 15 is 0 Å². The van der Waals surface area contributed by atoms with Gasteiger partial charge in [-0.3, -0.25) is 4.79 Å². The molecule has 9 heteroatoms. The van der Waals surface area contributed by atoms with Crippen LogP contribution in [0.3, 0.4) is 0 Å². The van der Waals surface area contributed by atoms with Crippen LogP contribution in [-0.2, 0) is 14.3 Å². The Kier molecular flexibility index (Phi) is 61.2. The summed E-state index contributed by atoms with van der Waals surface area (Å²) in [6, 6.07) is -0.830. The molecule has 0 spiro atoms. The van der Waals surface area contributed by atoms with Crippen LogP contribution in [0.5, 0.6) is 0 Å². The molecule has 0 aliphatic carbocycles. The minimum atomic E-state index is -1.58. The van der Waals surface area contributed by atoms with Gasteiger partial charge in [-0.25, -0.2) is 0 Å². The lowest BCUT2D eigenvalue weighted by Gasteiger charge is -2.40. The molecule has 1 rings (SSSR count). The third-order valence-electron chi connectivity index (χ3n) is 17.6. The van der Waals surface area contributed by atoms with Gasteiger partial charge in [0.2, 0.25) is 5.91 Å². The van der Waals surface area contributed by atoms with Crippen LogP contribution in [0.4, 0.5) is 0 Å². The molecular formula is C75H141NO8. The van der Waals surface area contributed by atoms with E-state index in [0.29, 0.717) is 6.42 Å². The summed E-state index contributed by atoms with van der Waals surface area (Å²) in [6.45, 7) is 3.81. The van der Waals surface area contributed by atoms with E-state index in [0.717, 1.165) is 44.9 Å². The van der Waals surface area contributed by atoms with Gasteiger partial charge in [0, 0.05) is 6.42 Å². The molecule has 1 fully saturated rings. The minimum absolute atomic E-state index is 0.185. The number of hydrogen-bond acceptors (Lipinski definition) is 8. The maximum absolute atomic E-state index is 13.1. The van der Waals surface area contributed by atoms with E-state index in [9.17, 15) is 30.3 Å². The molecule has 0 aromatic carbocycles. The summed E-state index contributed by atoms with van der Waals surface area (Å²) in [7, 11) is 0. The highest BCUT2D eigenvalue weighted by molar-refractivity contribution is 5.76. The van der Waals surface area contributed by atoms with E-state index in [1.165, 1.54) is 302 Å². The van der Waals surface area contributed by atoms with Gasteiger partial charge < -0.3 is 40.3 Å². The zero-order valence-corrected chi connectivity index (χ0v) is 55.4. The Hall–Kier alpha value is -1.85. The fourth-order valence-corrected chi connectivity index (χ4v) is 11.8. The number of nitrogens with one attached hydrogen (secondary N) is 1. The summed E-state index contributed by atoms with van der Waals surface area (Å²) >= 11 is 0. The standard InChI is InChI=1S/C75H141NO8/c1-3-5-7-9-11-13-15-17-19-21-23-25-27-28-29-30-31-32-33-34-35-36-37-38-39-40-41-42-43-45-47-49-51-53-55-57-59-61-63-65-71(79)76-68(67-83-75-74(82)73(81)72(80)70(66-77)84-75)69(78)64-62-60-58-56-54-52-50-48-46-44-26-24-22-20-18-16-14-12-10-8-6-4-2/h34-35,46,48,54,56,62,64,68-70,72-75,77-78,80-82H,3-33,36-45,47,49-53,55,57-61,63,65-67H2,1-2H3,(H,76,79)/b35-34-,48-46+,56-54+,64-62+. The number of rotatable bonds is 65. The summed E-state index contributed by atoms with van der Waals surface area (Å²) in [4.78, 5) is 13.1. The van der Waals surface area contributed by atoms with Crippen LogP contribution in [0.25, 0.3) is 0 Å². The van der Waals surface area contributed by atoms with Crippen LogP contribution in [0.2, 0.25) is 0 Å². The molecule has 7 atom stereocenters. The Morgan fingerprint density at radius 3 is 1.00 bits per heavy atom. The Morgan fingerprint density at radius 2 is 0.679 bits per heavy atom. The molecule has 0 aromatic heterocycles. The third kappa shape index (κ3) is 52.1. The fraction of sp³-hybridized carbons (Fsp3) is 0.880. The van der Waals surface area contributed by atoms with Crippen LogP contribution >= 0.6 is 0 Å². The molecule has 0 saturated carbocycles. The molecule has 7 unspecified atom stereocenters. The first-order valence-electron chi connectivity index (χ1n) is 36.9. The molecule has 1 saturated heterocycles. The number of unbranched alkanes of at least 4 members (excludes halogenated alkanes) is 49. The van der Waals surface area contributed by atoms with E-state index in [1.54, 1.807) is 6.08 Å². The first-order chi connectivity index (χ1) is 41.3. The van der Waals surface area contributed by atoms with Crippen LogP contribution in [0.1, 0.15) is 367 Å². The minimum Gasteiger partial charge on any atom is -0.394 e. The number of carbonyl (C=O) groups is 1. The number of ether oxygens (including phenoxy) is 2. The van der Waals surface area contributed by atoms with Crippen molar-refractivity contribution < 1.29 is 39.8 Å². The van der Waals surface area contributed by atoms with Crippen LogP contribution in [0.15, 0.2) is 48.6 Å². The van der Waals surface area contributed by atoms with Gasteiger partial charge in [-0.05, 0) is 70.6 Å². The van der Waals surface area contributed by atoms with Crippen molar-refractivity contribution in [2.45, 2.75) is 410 Å². The van der Waals surface area contributed by atoms with Crippen LogP contribution in [-0.4, -0.2) is 87.5 Å². The van der Waals surface area contributed by atoms with Crippen LogP contribution < -0.4 is 5.32 Å². The van der Waals surface area contributed by atoms with E-state index < -0.39 is 49.5 Å². The van der Waals surface area contributed by atoms with E-state index in [4.69, 9.17) is 9.47 Å². The molecule has 84 heavy (non-hydrogen) atoms. The van der Waals surface area contributed by atoms with Gasteiger partial charge in [0.05, 0.1) is 25.4 Å². The summed E-state index contributed by atoms with van der Waals surface area (Å²) in [6.07, 6.45) is 81.1. The Bertz CT molecular complexity index is 1470. The number of aliphatic hydroxyl groups excluding tert-OH is 5. The highest BCUT2D eigenvalue weighted by Gasteiger charge is 2.44. The predicted molar refractivity (Wildman–Crippen MR) is 359 cm³/mol. The normalized spacial score (nSPS) is 18.4. The summed E-state index contributed by atoms with van der Waals surface area (Å²) < 4.78 is 11.3. The van der Waals surface area contributed by atoms with Crippen molar-refractivity contribution in [1.82, 2.24) is 5.32 Å². The van der Waals surface area contributed by atoms with Gasteiger partial charge >= 0.3 is 0 Å². The van der Waals surface area contributed by atoms with E-state index in [-0.39, 0.29) is 12.5 Å². The molecule has 0 radical (unpaired) electrons. The maximum Gasteiger partial charge on any atom is 0.220 e. The topological polar surface area (TPSA) is 149 Å². The van der Waals surface area contributed by atoms with Crippen molar-refractivity contribution in [3.63, 3.8) is 0 Å². The lowest BCUT2D eigenvalue weighted by atomic mass is 9.99. The summed E-state index contributed by atoms with van der Waals surface area (Å²) in [5, 5.41) is 54.7. The fourth-order valence-electron chi connectivity index (χ4n) is 11.8.